The lowest BCUT2D eigenvalue weighted by Crippen LogP contribution is -2.25. The van der Waals surface area contributed by atoms with Crippen LogP contribution in [0.5, 0.6) is 0 Å². The normalized spacial score (nSPS) is 13.4. The molecular formula is C16H23N3S. The predicted molar refractivity (Wildman–Crippen MR) is 85.3 cm³/mol. The van der Waals surface area contributed by atoms with Crippen LogP contribution in [0.2, 0.25) is 0 Å². The molecule has 1 unspecified atom stereocenters. The van der Waals surface area contributed by atoms with Crippen molar-refractivity contribution in [1.82, 2.24) is 14.9 Å². The summed E-state index contributed by atoms with van der Waals surface area (Å²) in [6.07, 6.45) is 0. The topological polar surface area (TPSA) is 37.8 Å². The van der Waals surface area contributed by atoms with E-state index in [2.05, 4.69) is 73.8 Å². The first-order valence-electron chi connectivity index (χ1n) is 7.06. The van der Waals surface area contributed by atoms with Gasteiger partial charge in [0.25, 0.3) is 0 Å². The predicted octanol–water partition coefficient (Wildman–Crippen LogP) is 3.84. The number of nitrogens with one attached hydrogen (secondary N) is 1. The van der Waals surface area contributed by atoms with E-state index in [4.69, 9.17) is 0 Å². The van der Waals surface area contributed by atoms with Crippen molar-refractivity contribution in [2.75, 3.05) is 6.54 Å². The van der Waals surface area contributed by atoms with Gasteiger partial charge in [0, 0.05) is 5.41 Å². The molecule has 0 amide bonds. The van der Waals surface area contributed by atoms with E-state index in [9.17, 15) is 0 Å². The molecule has 0 aliphatic rings. The van der Waals surface area contributed by atoms with Gasteiger partial charge in [0.15, 0.2) is 0 Å². The molecule has 0 aliphatic heterocycles. The summed E-state index contributed by atoms with van der Waals surface area (Å²) in [5.74, 6) is 0. The van der Waals surface area contributed by atoms with Crippen molar-refractivity contribution < 1.29 is 0 Å². The summed E-state index contributed by atoms with van der Waals surface area (Å²) < 4.78 is 4.20. The van der Waals surface area contributed by atoms with Crippen molar-refractivity contribution in [3.05, 3.63) is 46.0 Å². The van der Waals surface area contributed by atoms with Crippen LogP contribution in [-0.4, -0.2) is 16.1 Å². The molecule has 0 saturated carbocycles. The lowest BCUT2D eigenvalue weighted by atomic mass is 9.88. The molecule has 1 heterocycles. The Morgan fingerprint density at radius 2 is 1.95 bits per heavy atom. The van der Waals surface area contributed by atoms with Crippen molar-refractivity contribution in [3.8, 4) is 0 Å². The van der Waals surface area contributed by atoms with Crippen LogP contribution in [0.4, 0.5) is 0 Å². The molecule has 4 heteroatoms. The molecule has 0 bridgehead atoms. The fourth-order valence-electron chi connectivity index (χ4n) is 2.37. The third-order valence-electron chi connectivity index (χ3n) is 3.39. The van der Waals surface area contributed by atoms with E-state index in [-0.39, 0.29) is 11.5 Å². The molecule has 20 heavy (non-hydrogen) atoms. The van der Waals surface area contributed by atoms with E-state index >= 15 is 0 Å². The highest BCUT2D eigenvalue weighted by Gasteiger charge is 2.28. The van der Waals surface area contributed by atoms with Crippen LogP contribution in [0.25, 0.3) is 0 Å². The Bertz CT molecular complexity index is 569. The Kier molecular flexibility index (Phi) is 4.55. The van der Waals surface area contributed by atoms with E-state index in [0.29, 0.717) is 0 Å². The van der Waals surface area contributed by atoms with E-state index in [1.807, 2.05) is 0 Å². The van der Waals surface area contributed by atoms with Gasteiger partial charge in [0.2, 0.25) is 0 Å². The Labute approximate surface area is 125 Å². The molecule has 0 aliphatic carbocycles. The second kappa shape index (κ2) is 6.02. The number of hydrogen-bond donors (Lipinski definition) is 1. The summed E-state index contributed by atoms with van der Waals surface area (Å²) in [5.41, 5.74) is 3.72. The summed E-state index contributed by atoms with van der Waals surface area (Å²) in [6, 6.07) is 8.70. The Balaban J connectivity index is 2.50. The largest absolute Gasteiger partial charge is 0.306 e. The van der Waals surface area contributed by atoms with Crippen molar-refractivity contribution in [3.63, 3.8) is 0 Å². The molecule has 1 N–H and O–H groups in total. The number of benzene rings is 1. The summed E-state index contributed by atoms with van der Waals surface area (Å²) in [4.78, 5) is 1.23. The third-order valence-corrected chi connectivity index (χ3v) is 4.18. The maximum absolute atomic E-state index is 4.37. The second-order valence-corrected chi connectivity index (χ2v) is 6.87. The Hall–Kier alpha value is -1.26. The van der Waals surface area contributed by atoms with Crippen LogP contribution in [0.15, 0.2) is 24.3 Å². The zero-order valence-electron chi connectivity index (χ0n) is 12.9. The molecule has 1 atom stereocenters. The molecule has 2 rings (SSSR count). The van der Waals surface area contributed by atoms with Gasteiger partial charge in [-0.05, 0) is 36.1 Å². The monoisotopic (exact) mass is 289 g/mol. The van der Waals surface area contributed by atoms with E-state index in [1.54, 1.807) is 0 Å². The summed E-state index contributed by atoms with van der Waals surface area (Å²) in [6.45, 7) is 11.8. The van der Waals surface area contributed by atoms with E-state index in [1.165, 1.54) is 27.5 Å². The highest BCUT2D eigenvalue weighted by atomic mass is 32.1. The summed E-state index contributed by atoms with van der Waals surface area (Å²) in [5, 5.41) is 7.96. The van der Waals surface area contributed by atoms with Crippen molar-refractivity contribution in [2.45, 2.75) is 46.1 Å². The van der Waals surface area contributed by atoms with Gasteiger partial charge in [-0.1, -0.05) is 56.4 Å². The third kappa shape index (κ3) is 3.07. The molecule has 0 radical (unpaired) electrons. The van der Waals surface area contributed by atoms with Gasteiger partial charge in [-0.3, -0.25) is 0 Å². The maximum Gasteiger partial charge on any atom is 0.0860 e. The zero-order chi connectivity index (χ0) is 14.8. The van der Waals surface area contributed by atoms with Gasteiger partial charge in [0.1, 0.15) is 0 Å². The van der Waals surface area contributed by atoms with E-state index in [0.717, 1.165) is 12.2 Å². The number of aromatic nitrogens is 2. The van der Waals surface area contributed by atoms with Gasteiger partial charge in [-0.2, -0.15) is 0 Å². The summed E-state index contributed by atoms with van der Waals surface area (Å²) >= 11 is 1.50. The van der Waals surface area contributed by atoms with E-state index < -0.39 is 0 Å². The fraction of sp³-hybridized carbons (Fsp3) is 0.500. The number of nitrogens with zero attached hydrogens (tertiary/aromatic N) is 2. The molecule has 0 fully saturated rings. The van der Waals surface area contributed by atoms with Crippen LogP contribution in [0.3, 0.4) is 0 Å². The van der Waals surface area contributed by atoms with Crippen LogP contribution < -0.4 is 5.32 Å². The fourth-order valence-corrected chi connectivity index (χ4v) is 3.33. The van der Waals surface area contributed by atoms with Crippen molar-refractivity contribution in [2.24, 2.45) is 0 Å². The molecule has 2 aromatic rings. The second-order valence-electron chi connectivity index (χ2n) is 6.08. The minimum absolute atomic E-state index is 0.0126. The highest BCUT2D eigenvalue weighted by Crippen LogP contribution is 2.34. The minimum Gasteiger partial charge on any atom is -0.306 e. The Morgan fingerprint density at radius 1 is 1.25 bits per heavy atom. The lowest BCUT2D eigenvalue weighted by Gasteiger charge is -2.23. The van der Waals surface area contributed by atoms with Gasteiger partial charge >= 0.3 is 0 Å². The average molecular weight is 289 g/mol. The van der Waals surface area contributed by atoms with Crippen LogP contribution in [0, 0.1) is 6.92 Å². The van der Waals surface area contributed by atoms with Gasteiger partial charge in [-0.15, -0.1) is 5.10 Å². The maximum atomic E-state index is 4.37. The van der Waals surface area contributed by atoms with Gasteiger partial charge in [-0.25, -0.2) is 0 Å². The van der Waals surface area contributed by atoms with Crippen molar-refractivity contribution >= 4 is 11.5 Å². The summed E-state index contributed by atoms with van der Waals surface area (Å²) in [7, 11) is 0. The first-order chi connectivity index (χ1) is 9.45. The highest BCUT2D eigenvalue weighted by molar-refractivity contribution is 7.05. The van der Waals surface area contributed by atoms with Gasteiger partial charge in [0.05, 0.1) is 16.6 Å². The molecule has 108 valence electrons. The van der Waals surface area contributed by atoms with Gasteiger partial charge < -0.3 is 5.32 Å². The van der Waals surface area contributed by atoms with Crippen LogP contribution in [-0.2, 0) is 5.41 Å². The number of aryl methyl sites for hydroxylation is 1. The molecule has 0 spiro atoms. The van der Waals surface area contributed by atoms with Crippen LogP contribution in [0.1, 0.15) is 55.4 Å². The standard InChI is InChI=1S/C16H23N3S/c1-6-17-13(12-10-8-7-9-11(12)2)14-15(16(3,4)5)18-19-20-14/h7-10,13,17H,6H2,1-5H3. The molecule has 3 nitrogen and oxygen atoms in total. The van der Waals surface area contributed by atoms with Crippen LogP contribution >= 0.6 is 11.5 Å². The SMILES string of the molecule is CCNC(c1ccccc1C)c1snnc1C(C)(C)C. The Morgan fingerprint density at radius 3 is 2.55 bits per heavy atom. The average Bonchev–Trinajstić information content (AvgIpc) is 2.86. The first-order valence-corrected chi connectivity index (χ1v) is 7.84. The smallest absolute Gasteiger partial charge is 0.0860 e. The molecule has 0 saturated heterocycles. The lowest BCUT2D eigenvalue weighted by molar-refractivity contribution is 0.542. The number of rotatable bonds is 4. The quantitative estimate of drug-likeness (QED) is 0.929. The molecular weight excluding hydrogens is 266 g/mol. The zero-order valence-corrected chi connectivity index (χ0v) is 13.7. The minimum atomic E-state index is 0.0126. The van der Waals surface area contributed by atoms with Crippen molar-refractivity contribution in [1.29, 1.82) is 0 Å². The molecule has 1 aromatic heterocycles. The molecule has 1 aromatic carbocycles. The number of hydrogen-bond acceptors (Lipinski definition) is 4. The first kappa shape index (κ1) is 15.1.